The molecule has 3 N–H and O–H groups in total. The molecule has 1 aromatic heterocycles. The SMILES string of the molecule is CCc1cnc(CNS(=O)(=O)Cc2ccccc2N)s1. The van der Waals surface area contributed by atoms with Crippen molar-refractivity contribution in [3.63, 3.8) is 0 Å². The van der Waals surface area contributed by atoms with Gasteiger partial charge < -0.3 is 5.73 Å². The van der Waals surface area contributed by atoms with Crippen LogP contribution in [-0.4, -0.2) is 13.4 Å². The first-order chi connectivity index (χ1) is 9.50. The van der Waals surface area contributed by atoms with Gasteiger partial charge in [0, 0.05) is 16.8 Å². The van der Waals surface area contributed by atoms with E-state index in [-0.39, 0.29) is 12.3 Å². The highest BCUT2D eigenvalue weighted by atomic mass is 32.2. The zero-order chi connectivity index (χ0) is 14.6. The molecule has 0 radical (unpaired) electrons. The number of hydrogen-bond donors (Lipinski definition) is 2. The number of nitrogens with two attached hydrogens (primary N) is 1. The number of aryl methyl sites for hydroxylation is 1. The summed E-state index contributed by atoms with van der Waals surface area (Å²) >= 11 is 1.52. The lowest BCUT2D eigenvalue weighted by Crippen LogP contribution is -2.25. The van der Waals surface area contributed by atoms with E-state index in [0.29, 0.717) is 11.3 Å². The van der Waals surface area contributed by atoms with Gasteiger partial charge in [0.2, 0.25) is 10.0 Å². The first-order valence-electron chi connectivity index (χ1n) is 6.24. The topological polar surface area (TPSA) is 85.1 Å². The molecule has 0 atom stereocenters. The summed E-state index contributed by atoms with van der Waals surface area (Å²) in [5, 5.41) is 0.770. The van der Waals surface area contributed by atoms with Crippen LogP contribution in [0.1, 0.15) is 22.4 Å². The van der Waals surface area contributed by atoms with Gasteiger partial charge in [0.05, 0.1) is 12.3 Å². The third-order valence-electron chi connectivity index (χ3n) is 2.79. The predicted molar refractivity (Wildman–Crippen MR) is 81.8 cm³/mol. The fourth-order valence-corrected chi connectivity index (χ4v) is 3.71. The summed E-state index contributed by atoms with van der Waals surface area (Å²) in [7, 11) is -3.42. The van der Waals surface area contributed by atoms with Gasteiger partial charge in [0.15, 0.2) is 0 Å². The fraction of sp³-hybridized carbons (Fsp3) is 0.308. The Bertz CT molecular complexity index is 680. The maximum Gasteiger partial charge on any atom is 0.216 e. The second-order valence-corrected chi connectivity index (χ2v) is 7.36. The van der Waals surface area contributed by atoms with Crippen molar-refractivity contribution in [2.24, 2.45) is 0 Å². The second kappa shape index (κ2) is 6.34. The number of anilines is 1. The molecule has 2 rings (SSSR count). The largest absolute Gasteiger partial charge is 0.398 e. The molecule has 1 heterocycles. The lowest BCUT2D eigenvalue weighted by Gasteiger charge is -2.07. The monoisotopic (exact) mass is 311 g/mol. The van der Waals surface area contributed by atoms with Crippen molar-refractivity contribution >= 4 is 27.0 Å². The molecule has 2 aromatic rings. The van der Waals surface area contributed by atoms with Gasteiger partial charge in [0.25, 0.3) is 0 Å². The average Bonchev–Trinajstić information content (AvgIpc) is 2.87. The van der Waals surface area contributed by atoms with Crippen molar-refractivity contribution in [3.05, 3.63) is 45.9 Å². The van der Waals surface area contributed by atoms with Crippen molar-refractivity contribution in [1.29, 1.82) is 0 Å². The van der Waals surface area contributed by atoms with E-state index in [0.717, 1.165) is 16.3 Å². The number of para-hydroxylation sites is 1. The normalized spacial score (nSPS) is 11.7. The van der Waals surface area contributed by atoms with Crippen LogP contribution in [0, 0.1) is 0 Å². The van der Waals surface area contributed by atoms with Crippen molar-refractivity contribution < 1.29 is 8.42 Å². The number of nitrogens with zero attached hydrogens (tertiary/aromatic N) is 1. The Labute approximate surface area is 122 Å². The van der Waals surface area contributed by atoms with E-state index in [1.165, 1.54) is 11.3 Å². The smallest absolute Gasteiger partial charge is 0.216 e. The van der Waals surface area contributed by atoms with Gasteiger partial charge in [-0.2, -0.15) is 0 Å². The summed E-state index contributed by atoms with van der Waals surface area (Å²) in [6, 6.07) is 6.96. The Morgan fingerprint density at radius 3 is 2.75 bits per heavy atom. The van der Waals surface area contributed by atoms with E-state index in [9.17, 15) is 8.42 Å². The molecule has 0 amide bonds. The van der Waals surface area contributed by atoms with Crippen LogP contribution in [0.15, 0.2) is 30.5 Å². The van der Waals surface area contributed by atoms with E-state index < -0.39 is 10.0 Å². The third-order valence-corrected chi connectivity index (χ3v) is 5.21. The lowest BCUT2D eigenvalue weighted by atomic mass is 10.2. The number of nitrogens with one attached hydrogen (secondary N) is 1. The molecule has 108 valence electrons. The van der Waals surface area contributed by atoms with Crippen LogP contribution in [0.2, 0.25) is 0 Å². The van der Waals surface area contributed by atoms with Gasteiger partial charge in [-0.25, -0.2) is 18.1 Å². The summed E-state index contributed by atoms with van der Waals surface area (Å²) in [5.41, 5.74) is 6.85. The first kappa shape index (κ1) is 15.0. The van der Waals surface area contributed by atoms with Gasteiger partial charge in [-0.15, -0.1) is 11.3 Å². The molecular formula is C13H17N3O2S2. The molecule has 7 heteroatoms. The van der Waals surface area contributed by atoms with E-state index in [1.54, 1.807) is 30.5 Å². The van der Waals surface area contributed by atoms with Gasteiger partial charge >= 0.3 is 0 Å². The molecule has 0 aliphatic rings. The predicted octanol–water partition coefficient (Wildman–Crippen LogP) is 1.91. The Morgan fingerprint density at radius 2 is 2.10 bits per heavy atom. The summed E-state index contributed by atoms with van der Waals surface area (Å²) in [6.45, 7) is 2.26. The molecule has 20 heavy (non-hydrogen) atoms. The van der Waals surface area contributed by atoms with Crippen LogP contribution in [0.4, 0.5) is 5.69 Å². The molecular weight excluding hydrogens is 294 g/mol. The summed E-state index contributed by atoms with van der Waals surface area (Å²) in [4.78, 5) is 5.33. The molecule has 1 aromatic carbocycles. The Hall–Kier alpha value is -1.44. The van der Waals surface area contributed by atoms with Gasteiger partial charge in [-0.05, 0) is 18.1 Å². The quantitative estimate of drug-likeness (QED) is 0.798. The number of aromatic nitrogens is 1. The maximum absolute atomic E-state index is 12.0. The Morgan fingerprint density at radius 1 is 1.35 bits per heavy atom. The fourth-order valence-electron chi connectivity index (χ4n) is 1.69. The van der Waals surface area contributed by atoms with Crippen LogP contribution in [0.25, 0.3) is 0 Å². The minimum atomic E-state index is -3.42. The zero-order valence-electron chi connectivity index (χ0n) is 11.2. The summed E-state index contributed by atoms with van der Waals surface area (Å²) in [6.07, 6.45) is 2.69. The number of sulfonamides is 1. The van der Waals surface area contributed by atoms with E-state index in [2.05, 4.69) is 9.71 Å². The summed E-state index contributed by atoms with van der Waals surface area (Å²) in [5.74, 6) is -0.119. The minimum Gasteiger partial charge on any atom is -0.398 e. The van der Waals surface area contributed by atoms with Crippen LogP contribution >= 0.6 is 11.3 Å². The van der Waals surface area contributed by atoms with Gasteiger partial charge in [0.1, 0.15) is 5.01 Å². The molecule has 0 aliphatic carbocycles. The Kier molecular flexibility index (Phi) is 4.74. The van der Waals surface area contributed by atoms with Crippen LogP contribution in [0.5, 0.6) is 0 Å². The molecule has 0 aliphatic heterocycles. The molecule has 0 unspecified atom stereocenters. The molecule has 0 bridgehead atoms. The minimum absolute atomic E-state index is 0.119. The molecule has 0 fully saturated rings. The van der Waals surface area contributed by atoms with Crippen molar-refractivity contribution in [3.8, 4) is 0 Å². The molecule has 5 nitrogen and oxygen atoms in total. The van der Waals surface area contributed by atoms with Crippen LogP contribution < -0.4 is 10.5 Å². The highest BCUT2D eigenvalue weighted by Crippen LogP contribution is 2.15. The number of rotatable bonds is 6. The van der Waals surface area contributed by atoms with Crippen LogP contribution in [0.3, 0.4) is 0 Å². The molecule has 0 saturated carbocycles. The highest BCUT2D eigenvalue weighted by Gasteiger charge is 2.14. The number of nitrogen functional groups attached to an aromatic ring is 1. The number of benzene rings is 1. The summed E-state index contributed by atoms with van der Waals surface area (Å²) < 4.78 is 26.6. The second-order valence-electron chi connectivity index (χ2n) is 4.35. The van der Waals surface area contributed by atoms with E-state index >= 15 is 0 Å². The lowest BCUT2D eigenvalue weighted by molar-refractivity contribution is 0.580. The van der Waals surface area contributed by atoms with Gasteiger partial charge in [-0.1, -0.05) is 25.1 Å². The maximum atomic E-state index is 12.0. The first-order valence-corrected chi connectivity index (χ1v) is 8.71. The van der Waals surface area contributed by atoms with Crippen molar-refractivity contribution in [2.75, 3.05) is 5.73 Å². The highest BCUT2D eigenvalue weighted by molar-refractivity contribution is 7.88. The van der Waals surface area contributed by atoms with Crippen molar-refractivity contribution in [2.45, 2.75) is 25.6 Å². The van der Waals surface area contributed by atoms with E-state index in [1.807, 2.05) is 6.92 Å². The third kappa shape index (κ3) is 4.03. The zero-order valence-corrected chi connectivity index (χ0v) is 12.8. The van der Waals surface area contributed by atoms with E-state index in [4.69, 9.17) is 5.73 Å². The molecule has 0 saturated heterocycles. The number of thiazole rings is 1. The number of hydrogen-bond acceptors (Lipinski definition) is 5. The Balaban J connectivity index is 1.99. The van der Waals surface area contributed by atoms with Gasteiger partial charge in [-0.3, -0.25) is 0 Å². The van der Waals surface area contributed by atoms with Crippen LogP contribution in [-0.2, 0) is 28.7 Å². The average molecular weight is 311 g/mol. The van der Waals surface area contributed by atoms with Crippen molar-refractivity contribution in [1.82, 2.24) is 9.71 Å². The molecule has 0 spiro atoms. The standard InChI is InChI=1S/C13H17N3O2S2/c1-2-11-7-15-13(19-11)8-16-20(17,18)9-10-5-3-4-6-12(10)14/h3-7,16H,2,8-9,14H2,1H3.